The Morgan fingerprint density at radius 3 is 2.56 bits per heavy atom. The number of rotatable bonds is 1. The number of nitrogens with one attached hydrogen (secondary N) is 1. The van der Waals surface area contributed by atoms with Gasteiger partial charge in [0.15, 0.2) is 0 Å². The third kappa shape index (κ3) is 2.06. The third-order valence-corrected chi connectivity index (χ3v) is 3.85. The fourth-order valence-corrected chi connectivity index (χ4v) is 3.02. The van der Waals surface area contributed by atoms with Gasteiger partial charge < -0.3 is 15.0 Å². The van der Waals surface area contributed by atoms with E-state index < -0.39 is 0 Å². The van der Waals surface area contributed by atoms with Crippen molar-refractivity contribution in [2.75, 3.05) is 26.2 Å². The van der Waals surface area contributed by atoms with E-state index in [0.29, 0.717) is 12.0 Å². The third-order valence-electron chi connectivity index (χ3n) is 3.85. The quantitative estimate of drug-likeness (QED) is 0.729. The SMILES string of the molecule is Cl.O=C(C1CC2CCC1O2)N1CCNCC1. The maximum atomic E-state index is 12.2. The maximum Gasteiger partial charge on any atom is 0.228 e. The number of piperazine rings is 1. The Labute approximate surface area is 102 Å². The topological polar surface area (TPSA) is 41.6 Å². The van der Waals surface area contributed by atoms with Gasteiger partial charge in [-0.3, -0.25) is 4.79 Å². The van der Waals surface area contributed by atoms with Crippen molar-refractivity contribution >= 4 is 18.3 Å². The van der Waals surface area contributed by atoms with Crippen LogP contribution in [0.4, 0.5) is 0 Å². The van der Waals surface area contributed by atoms with Gasteiger partial charge >= 0.3 is 0 Å². The smallest absolute Gasteiger partial charge is 0.228 e. The Morgan fingerprint density at radius 1 is 1.25 bits per heavy atom. The highest BCUT2D eigenvalue weighted by Gasteiger charge is 2.45. The second-order valence-corrected chi connectivity index (χ2v) is 4.79. The summed E-state index contributed by atoms with van der Waals surface area (Å²) < 4.78 is 5.73. The summed E-state index contributed by atoms with van der Waals surface area (Å²) in [6, 6.07) is 0. The second-order valence-electron chi connectivity index (χ2n) is 4.79. The van der Waals surface area contributed by atoms with Gasteiger partial charge in [0.25, 0.3) is 0 Å². The minimum absolute atomic E-state index is 0. The molecule has 3 unspecified atom stereocenters. The zero-order valence-corrected chi connectivity index (χ0v) is 10.2. The monoisotopic (exact) mass is 246 g/mol. The minimum Gasteiger partial charge on any atom is -0.374 e. The van der Waals surface area contributed by atoms with Gasteiger partial charge in [-0.1, -0.05) is 0 Å². The molecule has 5 heteroatoms. The average molecular weight is 247 g/mol. The Bertz CT molecular complexity index is 269. The first-order valence-electron chi connectivity index (χ1n) is 5.99. The molecule has 0 spiro atoms. The summed E-state index contributed by atoms with van der Waals surface area (Å²) in [5.41, 5.74) is 0. The average Bonchev–Trinajstić information content (AvgIpc) is 2.91. The zero-order chi connectivity index (χ0) is 10.3. The van der Waals surface area contributed by atoms with Crippen LogP contribution in [0.5, 0.6) is 0 Å². The highest BCUT2D eigenvalue weighted by atomic mass is 35.5. The van der Waals surface area contributed by atoms with Crippen LogP contribution in [0.15, 0.2) is 0 Å². The molecule has 3 fully saturated rings. The van der Waals surface area contributed by atoms with E-state index in [2.05, 4.69) is 5.32 Å². The normalized spacial score (nSPS) is 37.2. The van der Waals surface area contributed by atoms with Crippen molar-refractivity contribution in [3.8, 4) is 0 Å². The van der Waals surface area contributed by atoms with Gasteiger partial charge in [-0.15, -0.1) is 12.4 Å². The predicted molar refractivity (Wildman–Crippen MR) is 62.7 cm³/mol. The molecule has 4 nitrogen and oxygen atoms in total. The predicted octanol–water partition coefficient (Wildman–Crippen LogP) is 0.407. The summed E-state index contributed by atoms with van der Waals surface area (Å²) in [5, 5.41) is 3.27. The molecule has 0 aromatic rings. The Hall–Kier alpha value is -0.320. The van der Waals surface area contributed by atoms with Crippen molar-refractivity contribution in [3.63, 3.8) is 0 Å². The lowest BCUT2D eigenvalue weighted by molar-refractivity contribution is -0.137. The summed E-state index contributed by atoms with van der Waals surface area (Å²) in [4.78, 5) is 14.2. The molecule has 1 N–H and O–H groups in total. The van der Waals surface area contributed by atoms with Gasteiger partial charge in [-0.05, 0) is 19.3 Å². The summed E-state index contributed by atoms with van der Waals surface area (Å²) in [7, 11) is 0. The largest absolute Gasteiger partial charge is 0.374 e. The van der Waals surface area contributed by atoms with Gasteiger partial charge in [0.2, 0.25) is 5.91 Å². The second kappa shape index (κ2) is 4.90. The molecular weight excluding hydrogens is 228 g/mol. The number of halogens is 1. The molecule has 0 aromatic heterocycles. The molecule has 16 heavy (non-hydrogen) atoms. The van der Waals surface area contributed by atoms with Crippen LogP contribution in [0.25, 0.3) is 0 Å². The van der Waals surface area contributed by atoms with E-state index in [1.807, 2.05) is 4.90 Å². The number of carbonyl (C=O) groups excluding carboxylic acids is 1. The summed E-state index contributed by atoms with van der Waals surface area (Å²) in [6.07, 6.45) is 3.83. The number of fused-ring (bicyclic) bond motifs is 2. The van der Waals surface area contributed by atoms with E-state index >= 15 is 0 Å². The van der Waals surface area contributed by atoms with Gasteiger partial charge in [0.05, 0.1) is 18.1 Å². The number of hydrogen-bond donors (Lipinski definition) is 1. The van der Waals surface area contributed by atoms with E-state index in [1.54, 1.807) is 0 Å². The van der Waals surface area contributed by atoms with Crippen molar-refractivity contribution < 1.29 is 9.53 Å². The van der Waals surface area contributed by atoms with Crippen LogP contribution in [0.3, 0.4) is 0 Å². The van der Waals surface area contributed by atoms with Crippen molar-refractivity contribution in [3.05, 3.63) is 0 Å². The van der Waals surface area contributed by atoms with Gasteiger partial charge in [0.1, 0.15) is 0 Å². The van der Waals surface area contributed by atoms with Crippen LogP contribution in [0.2, 0.25) is 0 Å². The van der Waals surface area contributed by atoms with E-state index in [0.717, 1.165) is 45.4 Å². The summed E-state index contributed by atoms with van der Waals surface area (Å²) in [5.74, 6) is 0.505. The van der Waals surface area contributed by atoms with Crippen LogP contribution in [-0.2, 0) is 9.53 Å². The standard InChI is InChI=1S/C11H18N2O2.ClH/c14-11(13-5-3-12-4-6-13)9-7-8-1-2-10(9)15-8;/h8-10,12H,1-7H2;1H. The van der Waals surface area contributed by atoms with Crippen molar-refractivity contribution in [1.82, 2.24) is 10.2 Å². The highest BCUT2D eigenvalue weighted by Crippen LogP contribution is 2.39. The lowest BCUT2D eigenvalue weighted by Gasteiger charge is -2.31. The first-order valence-corrected chi connectivity index (χ1v) is 5.99. The van der Waals surface area contributed by atoms with Crippen molar-refractivity contribution in [2.24, 2.45) is 5.92 Å². The fourth-order valence-electron chi connectivity index (χ4n) is 3.02. The van der Waals surface area contributed by atoms with Crippen LogP contribution >= 0.6 is 12.4 Å². The molecule has 3 aliphatic heterocycles. The number of ether oxygens (including phenoxy) is 1. The molecule has 92 valence electrons. The minimum atomic E-state index is 0. The lowest BCUT2D eigenvalue weighted by atomic mass is 9.88. The maximum absolute atomic E-state index is 12.2. The van der Waals surface area contributed by atoms with Crippen LogP contribution in [-0.4, -0.2) is 49.2 Å². The molecule has 0 aromatic carbocycles. The molecule has 2 bridgehead atoms. The van der Waals surface area contributed by atoms with Crippen LogP contribution in [0.1, 0.15) is 19.3 Å². The first-order chi connectivity index (χ1) is 7.34. The van der Waals surface area contributed by atoms with Crippen molar-refractivity contribution in [1.29, 1.82) is 0 Å². The number of amides is 1. The molecule has 0 radical (unpaired) electrons. The number of carbonyl (C=O) groups is 1. The van der Waals surface area contributed by atoms with E-state index in [1.165, 1.54) is 0 Å². The van der Waals surface area contributed by atoms with E-state index in [4.69, 9.17) is 4.74 Å². The van der Waals surface area contributed by atoms with Gasteiger partial charge in [-0.25, -0.2) is 0 Å². The summed E-state index contributed by atoms with van der Waals surface area (Å²) in [6.45, 7) is 3.61. The Kier molecular flexibility index (Phi) is 3.72. The molecule has 3 rings (SSSR count). The Morgan fingerprint density at radius 2 is 2.00 bits per heavy atom. The molecule has 3 heterocycles. The molecule has 3 saturated heterocycles. The van der Waals surface area contributed by atoms with Gasteiger partial charge in [-0.2, -0.15) is 0 Å². The number of hydrogen-bond acceptors (Lipinski definition) is 3. The van der Waals surface area contributed by atoms with E-state index in [-0.39, 0.29) is 24.4 Å². The van der Waals surface area contributed by atoms with Gasteiger partial charge in [0, 0.05) is 26.2 Å². The molecule has 1 amide bonds. The van der Waals surface area contributed by atoms with E-state index in [9.17, 15) is 4.79 Å². The van der Waals surface area contributed by atoms with Crippen LogP contribution in [0, 0.1) is 5.92 Å². The van der Waals surface area contributed by atoms with Crippen LogP contribution < -0.4 is 5.32 Å². The number of nitrogens with zero attached hydrogens (tertiary/aromatic N) is 1. The molecule has 0 saturated carbocycles. The molecular formula is C11H19ClN2O2. The lowest BCUT2D eigenvalue weighted by Crippen LogP contribution is -2.49. The first kappa shape index (κ1) is 12.1. The zero-order valence-electron chi connectivity index (χ0n) is 9.35. The summed E-state index contributed by atoms with van der Waals surface area (Å²) >= 11 is 0. The highest BCUT2D eigenvalue weighted by molar-refractivity contribution is 5.85. The van der Waals surface area contributed by atoms with Crippen molar-refractivity contribution in [2.45, 2.75) is 31.5 Å². The molecule has 3 aliphatic rings. The fraction of sp³-hybridized carbons (Fsp3) is 0.909. The Balaban J connectivity index is 0.000000963. The molecule has 0 aliphatic carbocycles. The molecule has 3 atom stereocenters.